The maximum atomic E-state index is 13.8. The second kappa shape index (κ2) is 11.7. The highest BCUT2D eigenvalue weighted by Crippen LogP contribution is 2.56. The van der Waals surface area contributed by atoms with Crippen molar-refractivity contribution in [2.75, 3.05) is 36.4 Å². The molecule has 1 aromatic heterocycles. The maximum absolute atomic E-state index is 13.8. The van der Waals surface area contributed by atoms with Crippen LogP contribution in [0, 0.1) is 5.82 Å². The molecule has 1 N–H and O–H groups in total. The zero-order valence-corrected chi connectivity index (χ0v) is 22.2. The van der Waals surface area contributed by atoms with Gasteiger partial charge in [-0.05, 0) is 38.1 Å². The van der Waals surface area contributed by atoms with Gasteiger partial charge in [0.05, 0.1) is 42.7 Å². The first-order valence-electron chi connectivity index (χ1n) is 11.7. The van der Waals surface area contributed by atoms with Crippen LogP contribution in [0.5, 0.6) is 5.75 Å². The molecule has 2 heterocycles. The summed E-state index contributed by atoms with van der Waals surface area (Å²) < 4.78 is 51.1. The number of nitrogens with one attached hydrogen (secondary N) is 1. The molecule has 1 atom stereocenters. The summed E-state index contributed by atoms with van der Waals surface area (Å²) in [6.45, 7) is 5.57. The smallest absolute Gasteiger partial charge is 0.442 e. The maximum Gasteiger partial charge on any atom is 0.442 e. The normalized spacial score (nSPS) is 15.6. The van der Waals surface area contributed by atoms with E-state index in [0.717, 1.165) is 4.67 Å². The van der Waals surface area contributed by atoms with Crippen molar-refractivity contribution in [3.63, 3.8) is 0 Å². The molecule has 1 aliphatic heterocycles. The molecule has 0 saturated carbocycles. The van der Waals surface area contributed by atoms with Gasteiger partial charge in [-0.2, -0.15) is 0 Å². The molecule has 0 radical (unpaired) electrons. The second-order valence-electron chi connectivity index (χ2n) is 8.05. The zero-order chi connectivity index (χ0) is 26.6. The first-order chi connectivity index (χ1) is 17.8. The predicted octanol–water partition coefficient (Wildman–Crippen LogP) is 5.87. The van der Waals surface area contributed by atoms with E-state index in [9.17, 15) is 13.8 Å². The van der Waals surface area contributed by atoms with Crippen LogP contribution >= 0.6 is 19.3 Å². The number of ether oxygens (including phenoxy) is 2. The molecule has 1 amide bonds. The van der Waals surface area contributed by atoms with E-state index >= 15 is 0 Å². The number of rotatable bonds is 10. The van der Waals surface area contributed by atoms with Crippen molar-refractivity contribution in [1.29, 1.82) is 0 Å². The van der Waals surface area contributed by atoms with Gasteiger partial charge in [-0.15, -0.1) is 0 Å². The first-order valence-corrected chi connectivity index (χ1v) is 13.6. The van der Waals surface area contributed by atoms with Crippen LogP contribution < -0.4 is 14.7 Å². The van der Waals surface area contributed by atoms with Gasteiger partial charge >= 0.3 is 7.75 Å². The Kier molecular flexibility index (Phi) is 8.61. The standard InChI is InChI=1S/C24H27ClFN4O6P/c1-4-34-37(32,35-5-2)30(15(3)31)22-11-18-21(12-23(22)36-17-8-9-33-13-17)27-14-28-24(18)29-16-6-7-20(26)19(25)10-16/h6-7,10-12,14,17H,4-5,8-9,13H2,1-3H3,(H,27,28,29)/t17-/m0/s1. The van der Waals surface area contributed by atoms with E-state index < -0.39 is 19.5 Å². The van der Waals surface area contributed by atoms with Crippen molar-refractivity contribution in [1.82, 2.24) is 9.97 Å². The molecule has 1 saturated heterocycles. The van der Waals surface area contributed by atoms with Gasteiger partial charge in [0, 0.05) is 30.5 Å². The third-order valence-electron chi connectivity index (χ3n) is 5.44. The Hall–Kier alpha value is -2.82. The van der Waals surface area contributed by atoms with Crippen molar-refractivity contribution in [3.8, 4) is 5.75 Å². The third kappa shape index (κ3) is 6.02. The van der Waals surface area contributed by atoms with Crippen molar-refractivity contribution in [2.45, 2.75) is 33.3 Å². The van der Waals surface area contributed by atoms with Gasteiger partial charge in [0.1, 0.15) is 29.8 Å². The summed E-state index contributed by atoms with van der Waals surface area (Å²) in [6, 6.07) is 7.37. The number of benzene rings is 2. The van der Waals surface area contributed by atoms with E-state index in [4.69, 9.17) is 30.1 Å². The zero-order valence-electron chi connectivity index (χ0n) is 20.6. The van der Waals surface area contributed by atoms with Crippen LogP contribution in [0.3, 0.4) is 0 Å². The van der Waals surface area contributed by atoms with Crippen LogP contribution in [0.4, 0.5) is 21.6 Å². The summed E-state index contributed by atoms with van der Waals surface area (Å²) >= 11 is 5.93. The number of hydrogen-bond acceptors (Lipinski definition) is 9. The summed E-state index contributed by atoms with van der Waals surface area (Å²) in [5, 5.41) is 3.51. The van der Waals surface area contributed by atoms with E-state index in [1.807, 2.05) is 0 Å². The molecule has 10 nitrogen and oxygen atoms in total. The number of halogens is 2. The SMILES string of the molecule is CCOP(=O)(OCC)N(C(C)=O)c1cc2c(Nc3ccc(F)c(Cl)c3)ncnc2cc1O[C@H]1CCOC1. The first kappa shape index (κ1) is 27.2. The Labute approximate surface area is 218 Å². The number of amides is 1. The molecular weight excluding hydrogens is 526 g/mol. The Morgan fingerprint density at radius 1 is 1.24 bits per heavy atom. The summed E-state index contributed by atoms with van der Waals surface area (Å²) in [5.41, 5.74) is 1.12. The highest BCUT2D eigenvalue weighted by molar-refractivity contribution is 7.56. The van der Waals surface area contributed by atoms with Crippen molar-refractivity contribution < 1.29 is 32.3 Å². The Morgan fingerprint density at radius 2 is 2.00 bits per heavy atom. The Balaban J connectivity index is 1.89. The fourth-order valence-corrected chi connectivity index (χ4v) is 5.78. The van der Waals surface area contributed by atoms with Gasteiger partial charge in [0.2, 0.25) is 5.91 Å². The van der Waals surface area contributed by atoms with Crippen LogP contribution in [0.25, 0.3) is 10.9 Å². The van der Waals surface area contributed by atoms with Gasteiger partial charge in [0.15, 0.2) is 0 Å². The van der Waals surface area contributed by atoms with Crippen molar-refractivity contribution >= 4 is 53.4 Å². The number of hydrogen-bond donors (Lipinski definition) is 1. The Morgan fingerprint density at radius 3 is 2.62 bits per heavy atom. The molecule has 0 bridgehead atoms. The topological polar surface area (TPSA) is 112 Å². The number of nitrogens with zero attached hydrogens (tertiary/aromatic N) is 3. The summed E-state index contributed by atoms with van der Waals surface area (Å²) in [6.07, 6.45) is 1.73. The van der Waals surface area contributed by atoms with Crippen LogP contribution in [-0.4, -0.2) is 48.4 Å². The van der Waals surface area contributed by atoms with E-state index in [1.165, 1.54) is 31.5 Å². The average Bonchev–Trinajstić information content (AvgIpc) is 3.35. The minimum Gasteiger partial charge on any atom is -0.486 e. The number of aromatic nitrogens is 2. The lowest BCUT2D eigenvalue weighted by Gasteiger charge is -2.30. The van der Waals surface area contributed by atoms with Crippen LogP contribution in [-0.2, 0) is 23.1 Å². The lowest BCUT2D eigenvalue weighted by atomic mass is 10.1. The minimum atomic E-state index is -4.10. The second-order valence-corrected chi connectivity index (χ2v) is 10.3. The fraction of sp³-hybridized carbons (Fsp3) is 0.375. The molecule has 4 rings (SSSR count). The molecule has 2 aromatic carbocycles. The van der Waals surface area contributed by atoms with Crippen LogP contribution in [0.2, 0.25) is 5.02 Å². The molecule has 0 unspecified atom stereocenters. The minimum absolute atomic E-state index is 0.0442. The average molecular weight is 553 g/mol. The molecule has 0 aliphatic carbocycles. The largest absolute Gasteiger partial charge is 0.486 e. The molecular formula is C24H27ClFN4O6P. The van der Waals surface area contributed by atoms with E-state index in [1.54, 1.807) is 26.0 Å². The lowest BCUT2D eigenvalue weighted by Crippen LogP contribution is -2.29. The van der Waals surface area contributed by atoms with E-state index in [-0.39, 0.29) is 35.8 Å². The lowest BCUT2D eigenvalue weighted by molar-refractivity contribution is -0.115. The molecule has 1 fully saturated rings. The highest BCUT2D eigenvalue weighted by Gasteiger charge is 2.39. The Bertz CT molecular complexity index is 1330. The molecule has 3 aromatic rings. The van der Waals surface area contributed by atoms with Crippen LogP contribution in [0.15, 0.2) is 36.7 Å². The van der Waals surface area contributed by atoms with Gasteiger partial charge in [0.25, 0.3) is 0 Å². The van der Waals surface area contributed by atoms with Crippen molar-refractivity contribution in [2.24, 2.45) is 0 Å². The monoisotopic (exact) mass is 552 g/mol. The summed E-state index contributed by atoms with van der Waals surface area (Å²) in [4.78, 5) is 21.6. The van der Waals surface area contributed by atoms with Gasteiger partial charge in [-0.25, -0.2) is 23.6 Å². The fourth-order valence-electron chi connectivity index (χ4n) is 3.88. The number of carbonyl (C=O) groups excluding carboxylic acids is 1. The summed E-state index contributed by atoms with van der Waals surface area (Å²) in [5.74, 6) is -0.531. The molecule has 0 spiro atoms. The van der Waals surface area contributed by atoms with Crippen LogP contribution in [0.1, 0.15) is 27.2 Å². The molecule has 13 heteroatoms. The number of carbonyl (C=O) groups is 1. The molecule has 37 heavy (non-hydrogen) atoms. The van der Waals surface area contributed by atoms with E-state index in [2.05, 4.69) is 15.3 Å². The predicted molar refractivity (Wildman–Crippen MR) is 138 cm³/mol. The van der Waals surface area contributed by atoms with Gasteiger partial charge in [-0.3, -0.25) is 13.8 Å². The summed E-state index contributed by atoms with van der Waals surface area (Å²) in [7, 11) is -4.10. The molecule has 1 aliphatic rings. The third-order valence-corrected chi connectivity index (χ3v) is 7.88. The highest BCUT2D eigenvalue weighted by atomic mass is 35.5. The van der Waals surface area contributed by atoms with Crippen molar-refractivity contribution in [3.05, 3.63) is 47.5 Å². The van der Waals surface area contributed by atoms with Gasteiger partial charge < -0.3 is 14.8 Å². The quantitative estimate of drug-likeness (QED) is 0.309. The molecule has 198 valence electrons. The number of anilines is 3. The number of fused-ring (bicyclic) bond motifs is 1. The van der Waals surface area contributed by atoms with Gasteiger partial charge in [-0.1, -0.05) is 11.6 Å². The van der Waals surface area contributed by atoms with E-state index in [0.29, 0.717) is 42.0 Å².